The molecule has 1 heterocycles. The van der Waals surface area contributed by atoms with Gasteiger partial charge in [0, 0.05) is 30.9 Å². The summed E-state index contributed by atoms with van der Waals surface area (Å²) >= 11 is 0. The molecule has 1 atom stereocenters. The SMILES string of the molecule is O=C(Nc1ccc([N+](=O)[O-])cc1)C1CCCN(C(=O)c2ccccc2OC(F)F)C1. The van der Waals surface area contributed by atoms with E-state index in [0.717, 1.165) is 0 Å². The van der Waals surface area contributed by atoms with Crippen molar-refractivity contribution in [2.45, 2.75) is 19.5 Å². The van der Waals surface area contributed by atoms with E-state index >= 15 is 0 Å². The number of piperidine rings is 1. The van der Waals surface area contributed by atoms with E-state index < -0.39 is 23.4 Å². The van der Waals surface area contributed by atoms with E-state index in [1.165, 1.54) is 47.4 Å². The Bertz CT molecular complexity index is 936. The predicted molar refractivity (Wildman–Crippen MR) is 103 cm³/mol. The van der Waals surface area contributed by atoms with Crippen molar-refractivity contribution in [1.29, 1.82) is 0 Å². The smallest absolute Gasteiger partial charge is 0.387 e. The first-order valence-electron chi connectivity index (χ1n) is 9.23. The van der Waals surface area contributed by atoms with Crippen molar-refractivity contribution >= 4 is 23.2 Å². The van der Waals surface area contributed by atoms with Gasteiger partial charge in [-0.15, -0.1) is 0 Å². The van der Waals surface area contributed by atoms with Crippen LogP contribution in [0.2, 0.25) is 0 Å². The van der Waals surface area contributed by atoms with Crippen LogP contribution in [-0.2, 0) is 4.79 Å². The van der Waals surface area contributed by atoms with Crippen LogP contribution in [0.5, 0.6) is 5.75 Å². The number of nitrogens with one attached hydrogen (secondary N) is 1. The van der Waals surface area contributed by atoms with E-state index in [1.54, 1.807) is 6.07 Å². The van der Waals surface area contributed by atoms with Gasteiger partial charge in [0.2, 0.25) is 5.91 Å². The molecule has 1 N–H and O–H groups in total. The van der Waals surface area contributed by atoms with Crippen molar-refractivity contribution in [2.24, 2.45) is 5.92 Å². The fraction of sp³-hybridized carbons (Fsp3) is 0.300. The molecule has 0 aromatic heterocycles. The largest absolute Gasteiger partial charge is 0.434 e. The fourth-order valence-electron chi connectivity index (χ4n) is 3.30. The summed E-state index contributed by atoms with van der Waals surface area (Å²) in [6.45, 7) is -2.54. The Morgan fingerprint density at radius 1 is 1.17 bits per heavy atom. The van der Waals surface area contributed by atoms with Gasteiger partial charge >= 0.3 is 6.61 Å². The molecular formula is C20H19F2N3O5. The maximum atomic E-state index is 12.8. The number of amides is 2. The number of benzene rings is 2. The summed E-state index contributed by atoms with van der Waals surface area (Å²) in [4.78, 5) is 37.0. The highest BCUT2D eigenvalue weighted by Crippen LogP contribution is 2.26. The van der Waals surface area contributed by atoms with Crippen molar-refractivity contribution < 1.29 is 28.0 Å². The van der Waals surface area contributed by atoms with E-state index in [0.29, 0.717) is 25.1 Å². The number of hydrogen-bond acceptors (Lipinski definition) is 5. The van der Waals surface area contributed by atoms with Gasteiger partial charge in [-0.3, -0.25) is 19.7 Å². The third-order valence-corrected chi connectivity index (χ3v) is 4.76. The molecule has 0 saturated carbocycles. The summed E-state index contributed by atoms with van der Waals surface area (Å²) in [6, 6.07) is 11.2. The number of ether oxygens (including phenoxy) is 1. The molecule has 1 saturated heterocycles. The molecule has 10 heteroatoms. The minimum absolute atomic E-state index is 0.00854. The maximum absolute atomic E-state index is 12.8. The number of likely N-dealkylation sites (tertiary alicyclic amines) is 1. The molecule has 0 bridgehead atoms. The first-order chi connectivity index (χ1) is 14.3. The molecule has 158 valence electrons. The number of nitro groups is 1. The van der Waals surface area contributed by atoms with Crippen LogP contribution < -0.4 is 10.1 Å². The molecular weight excluding hydrogens is 400 g/mol. The number of hydrogen-bond donors (Lipinski definition) is 1. The second-order valence-electron chi connectivity index (χ2n) is 6.76. The van der Waals surface area contributed by atoms with Crippen LogP contribution in [0, 0.1) is 16.0 Å². The Balaban J connectivity index is 1.67. The molecule has 2 aromatic rings. The quantitative estimate of drug-likeness (QED) is 0.568. The van der Waals surface area contributed by atoms with E-state index in [2.05, 4.69) is 10.1 Å². The van der Waals surface area contributed by atoms with Crippen LogP contribution in [-0.4, -0.2) is 41.3 Å². The minimum atomic E-state index is -3.06. The van der Waals surface area contributed by atoms with Crippen LogP contribution in [0.1, 0.15) is 23.2 Å². The van der Waals surface area contributed by atoms with Gasteiger partial charge in [-0.05, 0) is 37.1 Å². The van der Waals surface area contributed by atoms with E-state index in [1.807, 2.05) is 0 Å². The Hall–Kier alpha value is -3.56. The number of nitro benzene ring substituents is 1. The van der Waals surface area contributed by atoms with Crippen molar-refractivity contribution in [3.05, 3.63) is 64.2 Å². The van der Waals surface area contributed by atoms with Crippen LogP contribution in [0.3, 0.4) is 0 Å². The van der Waals surface area contributed by atoms with Gasteiger partial charge in [0.1, 0.15) is 5.75 Å². The lowest BCUT2D eigenvalue weighted by atomic mass is 9.96. The summed E-state index contributed by atoms with van der Waals surface area (Å²) in [7, 11) is 0. The highest BCUT2D eigenvalue weighted by molar-refractivity contribution is 5.98. The minimum Gasteiger partial charge on any atom is -0.434 e. The van der Waals surface area contributed by atoms with E-state index in [4.69, 9.17) is 0 Å². The van der Waals surface area contributed by atoms with Crippen molar-refractivity contribution in [3.63, 3.8) is 0 Å². The summed E-state index contributed by atoms with van der Waals surface area (Å²) in [5.74, 6) is -1.52. The first-order valence-corrected chi connectivity index (χ1v) is 9.23. The zero-order valence-corrected chi connectivity index (χ0v) is 15.8. The summed E-state index contributed by atoms with van der Waals surface area (Å²) in [6.07, 6.45) is 1.12. The molecule has 0 aliphatic carbocycles. The number of para-hydroxylation sites is 1. The zero-order valence-electron chi connectivity index (χ0n) is 15.8. The van der Waals surface area contributed by atoms with Crippen LogP contribution >= 0.6 is 0 Å². The van der Waals surface area contributed by atoms with Crippen molar-refractivity contribution in [3.8, 4) is 5.75 Å². The number of anilines is 1. The lowest BCUT2D eigenvalue weighted by molar-refractivity contribution is -0.384. The molecule has 0 spiro atoms. The molecule has 1 fully saturated rings. The van der Waals surface area contributed by atoms with E-state index in [-0.39, 0.29) is 29.5 Å². The van der Waals surface area contributed by atoms with Gasteiger partial charge in [-0.25, -0.2) is 0 Å². The predicted octanol–water partition coefficient (Wildman–Crippen LogP) is 3.69. The highest BCUT2D eigenvalue weighted by atomic mass is 19.3. The third-order valence-electron chi connectivity index (χ3n) is 4.76. The second-order valence-corrected chi connectivity index (χ2v) is 6.76. The van der Waals surface area contributed by atoms with Gasteiger partial charge in [-0.1, -0.05) is 12.1 Å². The Kier molecular flexibility index (Phi) is 6.55. The Morgan fingerprint density at radius 2 is 1.87 bits per heavy atom. The molecule has 1 aliphatic rings. The second kappa shape index (κ2) is 9.29. The average Bonchev–Trinajstić information content (AvgIpc) is 2.73. The molecule has 30 heavy (non-hydrogen) atoms. The van der Waals surface area contributed by atoms with Crippen LogP contribution in [0.4, 0.5) is 20.2 Å². The molecule has 2 amide bonds. The van der Waals surface area contributed by atoms with Gasteiger partial charge in [-0.2, -0.15) is 8.78 Å². The average molecular weight is 419 g/mol. The lowest BCUT2D eigenvalue weighted by Gasteiger charge is -2.32. The number of carbonyl (C=O) groups excluding carboxylic acids is 2. The van der Waals surface area contributed by atoms with Crippen molar-refractivity contribution in [1.82, 2.24) is 4.90 Å². The lowest BCUT2D eigenvalue weighted by Crippen LogP contribution is -2.43. The number of rotatable bonds is 6. The Morgan fingerprint density at radius 3 is 2.53 bits per heavy atom. The summed E-state index contributed by atoms with van der Waals surface area (Å²) < 4.78 is 29.7. The Labute approximate surface area is 170 Å². The summed E-state index contributed by atoms with van der Waals surface area (Å²) in [5, 5.41) is 13.4. The first kappa shape index (κ1) is 21.2. The normalized spacial score (nSPS) is 16.2. The van der Waals surface area contributed by atoms with Gasteiger partial charge < -0.3 is 15.0 Å². The topological polar surface area (TPSA) is 102 Å². The summed E-state index contributed by atoms with van der Waals surface area (Å²) in [5.41, 5.74) is 0.325. The van der Waals surface area contributed by atoms with Crippen LogP contribution in [0.15, 0.2) is 48.5 Å². The van der Waals surface area contributed by atoms with Crippen molar-refractivity contribution in [2.75, 3.05) is 18.4 Å². The third kappa shape index (κ3) is 5.07. The standard InChI is InChI=1S/C20H19F2N3O5/c21-20(22)30-17-6-2-1-5-16(17)19(27)24-11-3-4-13(12-24)18(26)23-14-7-9-15(10-8-14)25(28)29/h1-2,5-10,13,20H,3-4,11-12H2,(H,23,26). The molecule has 1 unspecified atom stereocenters. The molecule has 3 rings (SSSR count). The number of nitrogens with zero attached hydrogens (tertiary/aromatic N) is 2. The van der Waals surface area contributed by atoms with E-state index in [9.17, 15) is 28.5 Å². The van der Waals surface area contributed by atoms with Gasteiger partial charge in [0.05, 0.1) is 16.4 Å². The highest BCUT2D eigenvalue weighted by Gasteiger charge is 2.30. The molecule has 8 nitrogen and oxygen atoms in total. The molecule has 1 aliphatic heterocycles. The van der Waals surface area contributed by atoms with Gasteiger partial charge in [0.15, 0.2) is 0 Å². The van der Waals surface area contributed by atoms with Gasteiger partial charge in [0.25, 0.3) is 11.6 Å². The molecule has 2 aromatic carbocycles. The monoisotopic (exact) mass is 419 g/mol. The number of halogens is 2. The fourth-order valence-corrected chi connectivity index (χ4v) is 3.30. The number of alkyl halides is 2. The number of carbonyl (C=O) groups is 2. The molecule has 0 radical (unpaired) electrons. The number of non-ortho nitro benzene ring substituents is 1. The zero-order chi connectivity index (χ0) is 21.7. The van der Waals surface area contributed by atoms with Crippen LogP contribution in [0.25, 0.3) is 0 Å². The maximum Gasteiger partial charge on any atom is 0.387 e.